The number of nitrogen functional groups attached to an aromatic ring is 1. The van der Waals surface area contributed by atoms with Crippen molar-refractivity contribution in [3.63, 3.8) is 0 Å². The summed E-state index contributed by atoms with van der Waals surface area (Å²) >= 11 is 0. The van der Waals surface area contributed by atoms with E-state index in [0.717, 1.165) is 5.56 Å². The number of alkyl halides is 3. The molecule has 0 amide bonds. The van der Waals surface area contributed by atoms with Gasteiger partial charge in [0.2, 0.25) is 0 Å². The molecule has 0 saturated heterocycles. The van der Waals surface area contributed by atoms with Crippen LogP contribution >= 0.6 is 12.4 Å². The maximum Gasteiger partial charge on any atom is 0.573 e. The number of anilines is 1. The number of nitrogens with two attached hydrogens (primary N) is 1. The summed E-state index contributed by atoms with van der Waals surface area (Å²) in [5, 5.41) is 0. The molecule has 0 aliphatic heterocycles. The van der Waals surface area contributed by atoms with Crippen LogP contribution in [0.15, 0.2) is 18.2 Å². The zero-order valence-electron chi connectivity index (χ0n) is 7.76. The van der Waals surface area contributed by atoms with Gasteiger partial charge >= 0.3 is 6.36 Å². The first-order valence-electron chi connectivity index (χ1n) is 3.75. The standard InChI is InChI=1S/C8H9F3N2O.ClH/c1-5-2-3-6(4-7(5)13-12)14-8(9,10)11;/h2-4,13H,12H2,1H3;1H. The maximum absolute atomic E-state index is 11.8. The van der Waals surface area contributed by atoms with Gasteiger partial charge in [-0.3, -0.25) is 5.84 Å². The number of hydrogen-bond acceptors (Lipinski definition) is 3. The topological polar surface area (TPSA) is 47.3 Å². The summed E-state index contributed by atoms with van der Waals surface area (Å²) in [7, 11) is 0. The molecule has 0 aliphatic carbocycles. The molecule has 0 saturated carbocycles. The molecule has 0 aromatic heterocycles. The van der Waals surface area contributed by atoms with E-state index in [9.17, 15) is 13.2 Å². The second-order valence-corrected chi connectivity index (χ2v) is 2.67. The summed E-state index contributed by atoms with van der Waals surface area (Å²) in [5.41, 5.74) is 3.41. The molecule has 0 fully saturated rings. The van der Waals surface area contributed by atoms with E-state index < -0.39 is 6.36 Å². The summed E-state index contributed by atoms with van der Waals surface area (Å²) < 4.78 is 39.1. The highest BCUT2D eigenvalue weighted by Crippen LogP contribution is 2.26. The molecule has 1 aromatic carbocycles. The molecule has 7 heteroatoms. The SMILES string of the molecule is Cc1ccc(OC(F)(F)F)cc1NN.Cl. The fraction of sp³-hybridized carbons (Fsp3) is 0.250. The zero-order chi connectivity index (χ0) is 10.8. The molecule has 15 heavy (non-hydrogen) atoms. The van der Waals surface area contributed by atoms with Crippen molar-refractivity contribution in [3.05, 3.63) is 23.8 Å². The Kier molecular flexibility index (Phi) is 4.70. The third kappa shape index (κ3) is 4.26. The van der Waals surface area contributed by atoms with E-state index in [2.05, 4.69) is 10.2 Å². The number of nitrogens with one attached hydrogen (secondary N) is 1. The third-order valence-electron chi connectivity index (χ3n) is 1.60. The van der Waals surface area contributed by atoms with Gasteiger partial charge in [-0.2, -0.15) is 0 Å². The van der Waals surface area contributed by atoms with Crippen molar-refractivity contribution in [2.75, 3.05) is 5.43 Å². The lowest BCUT2D eigenvalue weighted by Gasteiger charge is -2.11. The van der Waals surface area contributed by atoms with Crippen LogP contribution in [0.5, 0.6) is 5.75 Å². The number of halogens is 4. The van der Waals surface area contributed by atoms with E-state index in [1.165, 1.54) is 18.2 Å². The fourth-order valence-electron chi connectivity index (χ4n) is 0.954. The van der Waals surface area contributed by atoms with Gasteiger partial charge in [-0.25, -0.2) is 0 Å². The molecule has 0 aliphatic rings. The summed E-state index contributed by atoms with van der Waals surface area (Å²) in [4.78, 5) is 0. The smallest absolute Gasteiger partial charge is 0.406 e. The van der Waals surface area contributed by atoms with E-state index >= 15 is 0 Å². The highest BCUT2D eigenvalue weighted by Gasteiger charge is 2.31. The Hall–Kier alpha value is -1.14. The number of benzene rings is 1. The summed E-state index contributed by atoms with van der Waals surface area (Å²) in [6, 6.07) is 3.89. The first-order chi connectivity index (χ1) is 6.42. The average Bonchev–Trinajstić information content (AvgIpc) is 2.06. The van der Waals surface area contributed by atoms with Crippen molar-refractivity contribution >= 4 is 18.1 Å². The molecule has 1 aromatic rings. The second-order valence-electron chi connectivity index (χ2n) is 2.67. The molecule has 1 rings (SSSR count). The van der Waals surface area contributed by atoms with Gasteiger partial charge in [0.15, 0.2) is 0 Å². The Morgan fingerprint density at radius 2 is 1.93 bits per heavy atom. The molecular weight excluding hydrogens is 233 g/mol. The number of rotatable bonds is 2. The summed E-state index contributed by atoms with van der Waals surface area (Å²) in [5.74, 6) is 4.80. The predicted molar refractivity (Wildman–Crippen MR) is 52.9 cm³/mol. The van der Waals surface area contributed by atoms with Crippen LogP contribution in [0.2, 0.25) is 0 Å². The molecule has 3 N–H and O–H groups in total. The molecule has 0 heterocycles. The first kappa shape index (κ1) is 13.9. The van der Waals surface area contributed by atoms with Crippen LogP contribution in [-0.2, 0) is 0 Å². The Morgan fingerprint density at radius 1 is 1.33 bits per heavy atom. The zero-order valence-corrected chi connectivity index (χ0v) is 8.58. The predicted octanol–water partition coefficient (Wildman–Crippen LogP) is 2.60. The first-order valence-corrected chi connectivity index (χ1v) is 3.75. The van der Waals surface area contributed by atoms with Gasteiger partial charge in [0, 0.05) is 6.07 Å². The highest BCUT2D eigenvalue weighted by molar-refractivity contribution is 5.85. The van der Waals surface area contributed by atoms with Crippen LogP contribution in [0, 0.1) is 6.92 Å². The van der Waals surface area contributed by atoms with E-state index in [0.29, 0.717) is 5.69 Å². The number of hydrazine groups is 1. The minimum atomic E-state index is -4.68. The van der Waals surface area contributed by atoms with Crippen LogP contribution in [0.1, 0.15) is 5.56 Å². The van der Waals surface area contributed by atoms with E-state index in [-0.39, 0.29) is 18.2 Å². The van der Waals surface area contributed by atoms with Crippen LogP contribution in [0.4, 0.5) is 18.9 Å². The van der Waals surface area contributed by atoms with Gasteiger partial charge in [-0.05, 0) is 18.6 Å². The van der Waals surface area contributed by atoms with E-state index in [1.54, 1.807) is 6.92 Å². The van der Waals surface area contributed by atoms with Crippen molar-refractivity contribution in [2.45, 2.75) is 13.3 Å². The number of hydrogen-bond donors (Lipinski definition) is 2. The van der Waals surface area contributed by atoms with Crippen molar-refractivity contribution < 1.29 is 17.9 Å². The van der Waals surface area contributed by atoms with Crippen molar-refractivity contribution in [1.29, 1.82) is 0 Å². The number of ether oxygens (including phenoxy) is 1. The van der Waals surface area contributed by atoms with Crippen molar-refractivity contribution in [1.82, 2.24) is 0 Å². The summed E-state index contributed by atoms with van der Waals surface area (Å²) in [6.45, 7) is 1.71. The average molecular weight is 243 g/mol. The van der Waals surface area contributed by atoms with Gasteiger partial charge in [-0.15, -0.1) is 25.6 Å². The molecule has 0 unspecified atom stereocenters. The van der Waals surface area contributed by atoms with Gasteiger partial charge in [0.1, 0.15) is 5.75 Å². The maximum atomic E-state index is 11.8. The Bertz CT molecular complexity index is 330. The minimum absolute atomic E-state index is 0. The Morgan fingerprint density at radius 3 is 2.40 bits per heavy atom. The molecule has 3 nitrogen and oxygen atoms in total. The summed E-state index contributed by atoms with van der Waals surface area (Å²) in [6.07, 6.45) is -4.68. The minimum Gasteiger partial charge on any atom is -0.406 e. The normalized spacial score (nSPS) is 10.5. The van der Waals surface area contributed by atoms with Crippen LogP contribution in [0.3, 0.4) is 0 Å². The molecule has 0 atom stereocenters. The van der Waals surface area contributed by atoms with Crippen LogP contribution in [0.25, 0.3) is 0 Å². The second kappa shape index (κ2) is 5.09. The fourth-order valence-corrected chi connectivity index (χ4v) is 0.954. The molecular formula is C8H10ClF3N2O. The van der Waals surface area contributed by atoms with E-state index in [1.807, 2.05) is 0 Å². The van der Waals surface area contributed by atoms with Crippen LogP contribution < -0.4 is 16.0 Å². The van der Waals surface area contributed by atoms with Gasteiger partial charge in [0.25, 0.3) is 0 Å². The van der Waals surface area contributed by atoms with Crippen molar-refractivity contribution in [2.24, 2.45) is 5.84 Å². The lowest BCUT2D eigenvalue weighted by atomic mass is 10.2. The quantitative estimate of drug-likeness (QED) is 0.619. The molecule has 0 spiro atoms. The Labute approximate surface area is 90.8 Å². The van der Waals surface area contributed by atoms with Gasteiger partial charge in [-0.1, -0.05) is 6.07 Å². The monoisotopic (exact) mass is 242 g/mol. The molecule has 0 radical (unpaired) electrons. The number of aryl methyl sites for hydroxylation is 1. The molecule has 86 valence electrons. The molecule has 0 bridgehead atoms. The van der Waals surface area contributed by atoms with Crippen molar-refractivity contribution in [3.8, 4) is 5.75 Å². The lowest BCUT2D eigenvalue weighted by molar-refractivity contribution is -0.274. The van der Waals surface area contributed by atoms with Crippen LogP contribution in [-0.4, -0.2) is 6.36 Å². The lowest BCUT2D eigenvalue weighted by Crippen LogP contribution is -2.17. The highest BCUT2D eigenvalue weighted by atomic mass is 35.5. The largest absolute Gasteiger partial charge is 0.573 e. The third-order valence-corrected chi connectivity index (χ3v) is 1.60. The van der Waals surface area contributed by atoms with Gasteiger partial charge in [0.05, 0.1) is 5.69 Å². The van der Waals surface area contributed by atoms with Gasteiger partial charge < -0.3 is 10.2 Å². The van der Waals surface area contributed by atoms with E-state index in [4.69, 9.17) is 5.84 Å². The Balaban J connectivity index is 0.00000196.